The average Bonchev–Trinajstić information content (AvgIpc) is 2.79. The van der Waals surface area contributed by atoms with Crippen molar-refractivity contribution >= 4 is 40.0 Å². The van der Waals surface area contributed by atoms with E-state index in [4.69, 9.17) is 5.11 Å². The molecule has 0 unspecified atom stereocenters. The molecule has 4 nitrogen and oxygen atoms in total. The zero-order valence-electron chi connectivity index (χ0n) is 11.7. The highest BCUT2D eigenvalue weighted by Gasteiger charge is 2.13. The van der Waals surface area contributed by atoms with Crippen LogP contribution in [0.5, 0.6) is 0 Å². The minimum Gasteiger partial charge on any atom is -0.477 e. The van der Waals surface area contributed by atoms with Crippen LogP contribution in [0.2, 0.25) is 0 Å². The van der Waals surface area contributed by atoms with E-state index in [2.05, 4.69) is 5.32 Å². The Balaban J connectivity index is 1.95. The van der Waals surface area contributed by atoms with Gasteiger partial charge in [-0.25, -0.2) is 4.79 Å². The first kappa shape index (κ1) is 15.6. The molecule has 2 N–H and O–H groups in total. The van der Waals surface area contributed by atoms with Gasteiger partial charge in [-0.3, -0.25) is 4.79 Å². The summed E-state index contributed by atoms with van der Waals surface area (Å²) in [5, 5.41) is 12.3. The van der Waals surface area contributed by atoms with Crippen molar-refractivity contribution in [2.75, 3.05) is 11.1 Å². The molecule has 21 heavy (non-hydrogen) atoms. The number of aryl methyl sites for hydroxylation is 2. The Morgan fingerprint density at radius 1 is 1.24 bits per heavy atom. The Kier molecular flexibility index (Phi) is 5.03. The van der Waals surface area contributed by atoms with Crippen LogP contribution in [0.3, 0.4) is 0 Å². The third-order valence-corrected chi connectivity index (χ3v) is 5.14. The van der Waals surface area contributed by atoms with Crippen molar-refractivity contribution in [3.8, 4) is 0 Å². The van der Waals surface area contributed by atoms with Crippen LogP contribution < -0.4 is 5.32 Å². The number of hydrogen-bond donors (Lipinski definition) is 2. The SMILES string of the molecule is Cc1ccccc1SCC(=O)Nc1cc(C)c(C(=O)O)s1. The van der Waals surface area contributed by atoms with E-state index in [1.165, 1.54) is 11.8 Å². The third kappa shape index (κ3) is 4.09. The molecule has 1 amide bonds. The van der Waals surface area contributed by atoms with Crippen molar-refractivity contribution in [1.82, 2.24) is 0 Å². The van der Waals surface area contributed by atoms with Gasteiger partial charge in [0.1, 0.15) is 4.88 Å². The predicted molar refractivity (Wildman–Crippen MR) is 86.5 cm³/mol. The smallest absolute Gasteiger partial charge is 0.346 e. The Bertz CT molecular complexity index is 679. The summed E-state index contributed by atoms with van der Waals surface area (Å²) in [5.74, 6) is -0.807. The summed E-state index contributed by atoms with van der Waals surface area (Å²) in [5.41, 5.74) is 1.80. The molecule has 0 fully saturated rings. The van der Waals surface area contributed by atoms with Crippen LogP contribution in [0.1, 0.15) is 20.8 Å². The van der Waals surface area contributed by atoms with Gasteiger partial charge in [-0.2, -0.15) is 0 Å². The largest absolute Gasteiger partial charge is 0.477 e. The second-order valence-corrected chi connectivity index (χ2v) is 6.60. The van der Waals surface area contributed by atoms with E-state index in [9.17, 15) is 9.59 Å². The van der Waals surface area contributed by atoms with Crippen LogP contribution in [-0.4, -0.2) is 22.7 Å². The number of anilines is 1. The number of carbonyl (C=O) groups excluding carboxylic acids is 1. The van der Waals surface area contributed by atoms with Crippen molar-refractivity contribution < 1.29 is 14.7 Å². The van der Waals surface area contributed by atoms with Gasteiger partial charge in [0, 0.05) is 4.90 Å². The molecule has 0 saturated carbocycles. The first-order chi connectivity index (χ1) is 9.97. The van der Waals surface area contributed by atoms with Gasteiger partial charge in [0.05, 0.1) is 10.8 Å². The summed E-state index contributed by atoms with van der Waals surface area (Å²) in [4.78, 5) is 24.2. The summed E-state index contributed by atoms with van der Waals surface area (Å²) in [7, 11) is 0. The summed E-state index contributed by atoms with van der Waals surface area (Å²) in [6, 6.07) is 9.56. The van der Waals surface area contributed by atoms with Gasteiger partial charge in [0.2, 0.25) is 5.91 Å². The normalized spacial score (nSPS) is 10.4. The molecular formula is C15H15NO3S2. The maximum Gasteiger partial charge on any atom is 0.346 e. The van der Waals surface area contributed by atoms with Crippen molar-refractivity contribution in [1.29, 1.82) is 0 Å². The fourth-order valence-corrected chi connectivity index (χ4v) is 3.55. The fourth-order valence-electron chi connectivity index (χ4n) is 1.79. The maximum atomic E-state index is 11.9. The molecule has 1 aromatic heterocycles. The van der Waals surface area contributed by atoms with E-state index >= 15 is 0 Å². The third-order valence-electron chi connectivity index (χ3n) is 2.83. The number of thioether (sulfide) groups is 1. The number of carbonyl (C=O) groups is 2. The van der Waals surface area contributed by atoms with Crippen LogP contribution in [-0.2, 0) is 4.79 Å². The van der Waals surface area contributed by atoms with Crippen LogP contribution in [0.15, 0.2) is 35.2 Å². The average molecular weight is 321 g/mol. The molecule has 0 radical (unpaired) electrons. The van der Waals surface area contributed by atoms with Crippen molar-refractivity contribution in [3.05, 3.63) is 46.3 Å². The van der Waals surface area contributed by atoms with Crippen LogP contribution in [0, 0.1) is 13.8 Å². The highest BCUT2D eigenvalue weighted by molar-refractivity contribution is 8.00. The lowest BCUT2D eigenvalue weighted by atomic mass is 10.2. The topological polar surface area (TPSA) is 66.4 Å². The summed E-state index contributed by atoms with van der Waals surface area (Å²) in [6.07, 6.45) is 0. The zero-order valence-corrected chi connectivity index (χ0v) is 13.3. The lowest BCUT2D eigenvalue weighted by Crippen LogP contribution is -2.13. The van der Waals surface area contributed by atoms with E-state index in [1.54, 1.807) is 13.0 Å². The number of carboxylic acid groups (broad SMARTS) is 1. The Labute approximate surface area is 131 Å². The van der Waals surface area contributed by atoms with Crippen molar-refractivity contribution in [3.63, 3.8) is 0 Å². The molecule has 2 rings (SSSR count). The maximum absolute atomic E-state index is 11.9. The first-order valence-electron chi connectivity index (χ1n) is 6.29. The molecule has 0 bridgehead atoms. The summed E-state index contributed by atoms with van der Waals surface area (Å²) < 4.78 is 0. The van der Waals surface area contributed by atoms with E-state index in [1.807, 2.05) is 31.2 Å². The first-order valence-corrected chi connectivity index (χ1v) is 8.09. The molecule has 0 spiro atoms. The standard InChI is InChI=1S/C15H15NO3S2/c1-9-5-3-4-6-11(9)20-8-12(17)16-13-7-10(2)14(21-13)15(18)19/h3-7H,8H2,1-2H3,(H,16,17)(H,18,19). The molecule has 0 aliphatic rings. The lowest BCUT2D eigenvalue weighted by Gasteiger charge is -2.05. The number of nitrogens with one attached hydrogen (secondary N) is 1. The predicted octanol–water partition coefficient (Wildman–Crippen LogP) is 3.79. The molecule has 6 heteroatoms. The Morgan fingerprint density at radius 3 is 2.57 bits per heavy atom. The van der Waals surface area contributed by atoms with Crippen molar-refractivity contribution in [2.45, 2.75) is 18.7 Å². The zero-order chi connectivity index (χ0) is 15.4. The number of benzene rings is 1. The quantitative estimate of drug-likeness (QED) is 0.822. The van der Waals surface area contributed by atoms with Gasteiger partial charge < -0.3 is 10.4 Å². The molecule has 0 aliphatic carbocycles. The second-order valence-electron chi connectivity index (χ2n) is 4.53. The number of hydrogen-bond acceptors (Lipinski definition) is 4. The van der Waals surface area contributed by atoms with Gasteiger partial charge >= 0.3 is 5.97 Å². The molecular weight excluding hydrogens is 306 g/mol. The highest BCUT2D eigenvalue weighted by atomic mass is 32.2. The van der Waals surface area contributed by atoms with Gasteiger partial charge in [0.25, 0.3) is 0 Å². The van der Waals surface area contributed by atoms with E-state index < -0.39 is 5.97 Å². The number of carboxylic acids is 1. The number of rotatable bonds is 5. The number of amides is 1. The van der Waals surface area contributed by atoms with Gasteiger partial charge in [-0.1, -0.05) is 18.2 Å². The van der Waals surface area contributed by atoms with Crippen molar-refractivity contribution in [2.24, 2.45) is 0 Å². The van der Waals surface area contributed by atoms with E-state index in [0.717, 1.165) is 21.8 Å². The molecule has 0 aliphatic heterocycles. The molecule has 1 heterocycles. The molecule has 110 valence electrons. The monoisotopic (exact) mass is 321 g/mol. The second kappa shape index (κ2) is 6.78. The fraction of sp³-hybridized carbons (Fsp3) is 0.200. The van der Waals surface area contributed by atoms with E-state index in [0.29, 0.717) is 16.3 Å². The Hall–Kier alpha value is -1.79. The molecule has 0 saturated heterocycles. The van der Waals surface area contributed by atoms with Crippen LogP contribution in [0.25, 0.3) is 0 Å². The lowest BCUT2D eigenvalue weighted by molar-refractivity contribution is -0.113. The number of thiophene rings is 1. The number of aromatic carboxylic acids is 1. The summed E-state index contributed by atoms with van der Waals surface area (Å²) >= 11 is 2.55. The molecule has 0 atom stereocenters. The van der Waals surface area contributed by atoms with E-state index in [-0.39, 0.29) is 10.8 Å². The highest BCUT2D eigenvalue weighted by Crippen LogP contribution is 2.27. The molecule has 1 aromatic carbocycles. The van der Waals surface area contributed by atoms with Crippen LogP contribution in [0.4, 0.5) is 5.00 Å². The minimum atomic E-state index is -0.965. The summed E-state index contributed by atoms with van der Waals surface area (Å²) in [6.45, 7) is 3.72. The van der Waals surface area contributed by atoms with Crippen LogP contribution >= 0.6 is 23.1 Å². The Morgan fingerprint density at radius 2 is 1.95 bits per heavy atom. The van der Waals surface area contributed by atoms with Gasteiger partial charge in [-0.05, 0) is 37.1 Å². The van der Waals surface area contributed by atoms with Gasteiger partial charge in [-0.15, -0.1) is 23.1 Å². The molecule has 2 aromatic rings. The minimum absolute atomic E-state index is 0.138. The van der Waals surface area contributed by atoms with Gasteiger partial charge in [0.15, 0.2) is 0 Å².